The van der Waals surface area contributed by atoms with Crippen LogP contribution in [0.3, 0.4) is 0 Å². The number of aliphatic carboxylic acids is 1. The third kappa shape index (κ3) is 3.54. The van der Waals surface area contributed by atoms with Crippen LogP contribution in [0.15, 0.2) is 48.5 Å². The van der Waals surface area contributed by atoms with E-state index in [1.165, 1.54) is 7.05 Å². The molecule has 2 N–H and O–H groups in total. The van der Waals surface area contributed by atoms with Crippen LogP contribution in [-0.4, -0.2) is 36.2 Å². The fourth-order valence-corrected chi connectivity index (χ4v) is 3.99. The summed E-state index contributed by atoms with van der Waals surface area (Å²) in [4.78, 5) is 24.8. The average Bonchev–Trinajstić information content (AvgIpc) is 3.03. The molecule has 0 saturated heterocycles. The summed E-state index contributed by atoms with van der Waals surface area (Å²) >= 11 is 0. The van der Waals surface area contributed by atoms with E-state index in [2.05, 4.69) is 17.4 Å². The second-order valence-corrected chi connectivity index (χ2v) is 7.24. The number of carboxylic acid groups (broad SMARTS) is 1. The smallest absolute Gasteiger partial charge is 0.338 e. The molecule has 1 aliphatic rings. The number of nitrogens with one attached hydrogen (secondary N) is 1. The molecule has 2 aromatic rings. The normalized spacial score (nSPS) is 14.8. The first-order valence-electron chi connectivity index (χ1n) is 9.83. The minimum Gasteiger partial charge on any atom is -0.479 e. The Morgan fingerprint density at radius 1 is 1.04 bits per heavy atom. The van der Waals surface area contributed by atoms with Crippen molar-refractivity contribution in [1.29, 1.82) is 0 Å². The quantitative estimate of drug-likeness (QED) is 0.391. The van der Waals surface area contributed by atoms with E-state index in [4.69, 9.17) is 4.74 Å². The molecule has 148 valence electrons. The molecule has 1 atom stereocenters. The Balaban J connectivity index is 1.80. The number of likely N-dealkylation sites (N-methyl/N-ethyl adjacent to an activating group) is 1. The van der Waals surface area contributed by atoms with Gasteiger partial charge in [0.1, 0.15) is 6.61 Å². The molecule has 0 amide bonds. The van der Waals surface area contributed by atoms with Crippen LogP contribution in [0.25, 0.3) is 11.1 Å². The van der Waals surface area contributed by atoms with Crippen LogP contribution in [0, 0.1) is 0 Å². The summed E-state index contributed by atoms with van der Waals surface area (Å²) in [6, 6.07) is 16.1. The number of benzene rings is 2. The van der Waals surface area contributed by atoms with Crippen molar-refractivity contribution in [3.63, 3.8) is 0 Å². The highest BCUT2D eigenvalue weighted by Gasteiger charge is 2.46. The van der Waals surface area contributed by atoms with E-state index < -0.39 is 17.5 Å². The maximum absolute atomic E-state index is 12.8. The second-order valence-electron chi connectivity index (χ2n) is 7.24. The van der Waals surface area contributed by atoms with E-state index in [-0.39, 0.29) is 18.9 Å². The molecular weight excluding hydrogens is 354 g/mol. The van der Waals surface area contributed by atoms with Crippen molar-refractivity contribution >= 4 is 11.9 Å². The van der Waals surface area contributed by atoms with Crippen LogP contribution < -0.4 is 5.32 Å². The van der Waals surface area contributed by atoms with Crippen LogP contribution in [0.1, 0.15) is 49.7 Å². The first-order valence-corrected chi connectivity index (χ1v) is 9.83. The van der Waals surface area contributed by atoms with Crippen molar-refractivity contribution in [2.75, 3.05) is 13.7 Å². The van der Waals surface area contributed by atoms with Crippen LogP contribution in [0.2, 0.25) is 0 Å². The zero-order valence-electron chi connectivity index (χ0n) is 16.4. The first-order chi connectivity index (χ1) is 13.5. The number of carbonyl (C=O) groups is 2. The molecule has 0 unspecified atom stereocenters. The topological polar surface area (TPSA) is 75.6 Å². The molecule has 0 spiro atoms. The summed E-state index contributed by atoms with van der Waals surface area (Å²) in [5.74, 6) is -2.00. The number of carboxylic acids is 1. The lowest BCUT2D eigenvalue weighted by Crippen LogP contribution is -2.57. The number of fused-ring (bicyclic) bond motifs is 3. The minimum absolute atomic E-state index is 0.0876. The predicted octanol–water partition coefficient (Wildman–Crippen LogP) is 3.97. The molecule has 0 saturated carbocycles. The van der Waals surface area contributed by atoms with Crippen LogP contribution >= 0.6 is 0 Å². The van der Waals surface area contributed by atoms with Crippen molar-refractivity contribution in [3.8, 4) is 11.1 Å². The number of hydrogen-bond donors (Lipinski definition) is 2. The molecule has 5 heteroatoms. The molecule has 0 heterocycles. The molecule has 5 nitrogen and oxygen atoms in total. The largest absolute Gasteiger partial charge is 0.479 e. The fraction of sp³-hybridized carbons (Fsp3) is 0.391. The van der Waals surface area contributed by atoms with Gasteiger partial charge in [-0.3, -0.25) is 5.32 Å². The number of rotatable bonds is 9. The van der Waals surface area contributed by atoms with Gasteiger partial charge >= 0.3 is 11.9 Å². The third-order valence-corrected chi connectivity index (χ3v) is 5.64. The zero-order chi connectivity index (χ0) is 20.1. The van der Waals surface area contributed by atoms with Gasteiger partial charge in [-0.25, -0.2) is 9.59 Å². The molecule has 3 rings (SSSR count). The Bertz CT molecular complexity index is 818. The highest BCUT2D eigenvalue weighted by atomic mass is 16.5. The summed E-state index contributed by atoms with van der Waals surface area (Å²) < 4.78 is 5.61. The summed E-state index contributed by atoms with van der Waals surface area (Å²) in [7, 11) is 1.50. The van der Waals surface area contributed by atoms with Gasteiger partial charge in [0.2, 0.25) is 5.54 Å². The Morgan fingerprint density at radius 3 is 2.11 bits per heavy atom. The lowest BCUT2D eigenvalue weighted by atomic mass is 9.92. The van der Waals surface area contributed by atoms with Gasteiger partial charge in [-0.1, -0.05) is 74.7 Å². The van der Waals surface area contributed by atoms with Crippen molar-refractivity contribution < 1.29 is 19.4 Å². The monoisotopic (exact) mass is 381 g/mol. The average molecular weight is 381 g/mol. The van der Waals surface area contributed by atoms with Gasteiger partial charge in [-0.2, -0.15) is 0 Å². The predicted molar refractivity (Wildman–Crippen MR) is 108 cm³/mol. The molecule has 1 aliphatic carbocycles. The molecule has 0 bridgehead atoms. The molecule has 0 fully saturated rings. The lowest BCUT2D eigenvalue weighted by Gasteiger charge is -2.27. The van der Waals surface area contributed by atoms with Crippen LogP contribution in [0.4, 0.5) is 0 Å². The van der Waals surface area contributed by atoms with Crippen molar-refractivity contribution in [3.05, 3.63) is 59.7 Å². The maximum atomic E-state index is 12.8. The summed E-state index contributed by atoms with van der Waals surface area (Å²) in [5.41, 5.74) is 2.79. The molecular formula is C23H27NO4. The standard InChI is InChI=1S/C23H27NO4/c1-3-4-9-14-23(24-2,21(25)26)22(27)28-15-20-18-12-7-5-10-16(18)17-11-6-8-13-19(17)20/h5-8,10-13,20,24H,3-4,9,14-15H2,1-2H3,(H,25,26)/t23-/m0/s1. The summed E-state index contributed by atoms with van der Waals surface area (Å²) in [5, 5.41) is 12.5. The van der Waals surface area contributed by atoms with Crippen molar-refractivity contribution in [2.45, 2.75) is 44.1 Å². The first kappa shape index (κ1) is 20.1. The van der Waals surface area contributed by atoms with Crippen molar-refractivity contribution in [2.24, 2.45) is 0 Å². The number of carbonyl (C=O) groups excluding carboxylic acids is 1. The van der Waals surface area contributed by atoms with Gasteiger partial charge < -0.3 is 9.84 Å². The van der Waals surface area contributed by atoms with E-state index in [1.54, 1.807) is 0 Å². The van der Waals surface area contributed by atoms with Gasteiger partial charge in [0.05, 0.1) is 0 Å². The number of esters is 1. The third-order valence-electron chi connectivity index (χ3n) is 5.64. The SMILES string of the molecule is CCCCC[C@](NC)(C(=O)O)C(=O)OCC1c2ccccc2-c2ccccc21. The molecule has 28 heavy (non-hydrogen) atoms. The van der Waals surface area contributed by atoms with E-state index >= 15 is 0 Å². The molecule has 2 aromatic carbocycles. The summed E-state index contributed by atoms with van der Waals surface area (Å²) in [6.45, 7) is 2.16. The van der Waals surface area contributed by atoms with Crippen molar-refractivity contribution in [1.82, 2.24) is 5.32 Å². The minimum atomic E-state index is -1.70. The Labute approximate surface area is 165 Å². The zero-order valence-corrected chi connectivity index (χ0v) is 16.4. The van der Waals surface area contributed by atoms with E-state index in [0.717, 1.165) is 35.1 Å². The van der Waals surface area contributed by atoms with Gasteiger partial charge in [-0.15, -0.1) is 0 Å². The maximum Gasteiger partial charge on any atom is 0.338 e. The Hall–Kier alpha value is -2.66. The van der Waals surface area contributed by atoms with Crippen LogP contribution in [-0.2, 0) is 14.3 Å². The summed E-state index contributed by atoms with van der Waals surface area (Å²) in [6.07, 6.45) is 2.68. The number of ether oxygens (including phenoxy) is 1. The van der Waals surface area contributed by atoms with E-state index in [9.17, 15) is 14.7 Å². The van der Waals surface area contributed by atoms with Gasteiger partial charge in [0, 0.05) is 5.92 Å². The van der Waals surface area contributed by atoms with Gasteiger partial charge in [0.15, 0.2) is 0 Å². The van der Waals surface area contributed by atoms with E-state index in [1.807, 2.05) is 43.3 Å². The fourth-order valence-electron chi connectivity index (χ4n) is 3.99. The molecule has 0 aliphatic heterocycles. The number of hydrogen-bond acceptors (Lipinski definition) is 4. The highest BCUT2D eigenvalue weighted by molar-refractivity contribution is 6.04. The molecule has 0 radical (unpaired) electrons. The van der Waals surface area contributed by atoms with Gasteiger partial charge in [0.25, 0.3) is 0 Å². The Morgan fingerprint density at radius 2 is 1.61 bits per heavy atom. The van der Waals surface area contributed by atoms with Gasteiger partial charge in [-0.05, 0) is 35.7 Å². The lowest BCUT2D eigenvalue weighted by molar-refractivity contribution is -0.163. The Kier molecular flexibility index (Phi) is 6.15. The van der Waals surface area contributed by atoms with E-state index in [0.29, 0.717) is 6.42 Å². The number of unbranched alkanes of at least 4 members (excludes halogenated alkanes) is 2. The van der Waals surface area contributed by atoms with Crippen LogP contribution in [0.5, 0.6) is 0 Å². The molecule has 0 aromatic heterocycles. The second kappa shape index (κ2) is 8.57. The highest BCUT2D eigenvalue weighted by Crippen LogP contribution is 2.44.